The number of nitrogens with one attached hydrogen (secondary N) is 2. The van der Waals surface area contributed by atoms with Crippen molar-refractivity contribution in [3.05, 3.63) is 16.9 Å². The number of nitrogens with two attached hydrogens (primary N) is 2. The summed E-state index contributed by atoms with van der Waals surface area (Å²) in [6.45, 7) is 4.47. The number of rotatable bonds is 10. The van der Waals surface area contributed by atoms with E-state index in [9.17, 15) is 29.4 Å². The van der Waals surface area contributed by atoms with Crippen molar-refractivity contribution in [3.8, 4) is 0 Å². The zero-order valence-electron chi connectivity index (χ0n) is 23.2. The number of nitrogens with zero attached hydrogens (tertiary/aromatic N) is 7. The first-order valence-electron chi connectivity index (χ1n) is 13.7. The molecule has 0 saturated carbocycles. The number of fused-ring (bicyclic) bond motifs is 1. The van der Waals surface area contributed by atoms with E-state index in [2.05, 4.69) is 31.2 Å². The number of carbonyl (C=O) groups excluding carboxylic acids is 3. The Labute approximate surface area is 245 Å². The predicted molar refractivity (Wildman–Crippen MR) is 148 cm³/mol. The molecule has 0 aliphatic carbocycles. The second-order valence-corrected chi connectivity index (χ2v) is 12.5. The number of β-lactam (4-membered cyclic amide) rings is 1. The molecule has 17 nitrogen and oxygen atoms in total. The summed E-state index contributed by atoms with van der Waals surface area (Å²) in [5.74, 6) is -3.25. The number of carbonyl (C=O) groups is 4. The van der Waals surface area contributed by atoms with Gasteiger partial charge in [-0.15, -0.1) is 16.9 Å². The third-order valence-corrected chi connectivity index (χ3v) is 9.88. The van der Waals surface area contributed by atoms with E-state index in [1.165, 1.54) is 27.7 Å². The maximum absolute atomic E-state index is 13.3. The van der Waals surface area contributed by atoms with Gasteiger partial charge >= 0.3 is 5.97 Å². The molecule has 3 saturated heterocycles. The van der Waals surface area contributed by atoms with E-state index in [4.69, 9.17) is 11.5 Å². The molecule has 1 aromatic rings. The van der Waals surface area contributed by atoms with Crippen molar-refractivity contribution in [3.63, 3.8) is 0 Å². The van der Waals surface area contributed by atoms with Gasteiger partial charge in [0.15, 0.2) is 5.96 Å². The molecule has 4 aliphatic rings. The molecule has 3 amide bonds. The van der Waals surface area contributed by atoms with Gasteiger partial charge in [0.1, 0.15) is 18.6 Å². The fraction of sp³-hybridized carbons (Fsp3) is 0.667. The topological polar surface area (TPSA) is 247 Å². The van der Waals surface area contributed by atoms with Crippen LogP contribution in [0.1, 0.15) is 20.3 Å². The molecule has 18 heteroatoms. The molecule has 228 valence electrons. The summed E-state index contributed by atoms with van der Waals surface area (Å²) >= 11 is 1.38. The standard InChI is InChI=1S/C24H35N11O6S/c1-10-18-17(11(2)29-16(37)7-34-9-28-31-32-34)22(39)35(18)19(23(40)41)20(10)42-13-3-14(27-4-13)21(38)33-5-12(8-36)15(6-33)30-24(25)26/h9-15,17-18,27,36H,3-8H2,1-2H3,(H,29,37)(H,40,41)(H4,25,26,30)/t10-,11-,12-,13+,14+,15+,17-,18-/m1/s1. The van der Waals surface area contributed by atoms with E-state index in [-0.39, 0.29) is 65.7 Å². The van der Waals surface area contributed by atoms with Gasteiger partial charge in [-0.3, -0.25) is 14.4 Å². The van der Waals surface area contributed by atoms with Crippen molar-refractivity contribution in [1.82, 2.24) is 40.6 Å². The van der Waals surface area contributed by atoms with Crippen molar-refractivity contribution >= 4 is 41.4 Å². The molecule has 1 aromatic heterocycles. The molecule has 8 N–H and O–H groups in total. The van der Waals surface area contributed by atoms with E-state index < -0.39 is 30.0 Å². The van der Waals surface area contributed by atoms with E-state index >= 15 is 0 Å². The van der Waals surface area contributed by atoms with Crippen molar-refractivity contribution < 1.29 is 29.4 Å². The Morgan fingerprint density at radius 3 is 2.71 bits per heavy atom. The van der Waals surface area contributed by atoms with Crippen LogP contribution in [0.25, 0.3) is 0 Å². The van der Waals surface area contributed by atoms with Gasteiger partial charge in [0.25, 0.3) is 0 Å². The zero-order valence-corrected chi connectivity index (χ0v) is 24.0. The number of thioether (sulfide) groups is 1. The number of carboxylic acid groups (broad SMARTS) is 1. The second kappa shape index (κ2) is 11.8. The van der Waals surface area contributed by atoms with Gasteiger partial charge in [-0.25, -0.2) is 14.5 Å². The monoisotopic (exact) mass is 605 g/mol. The Morgan fingerprint density at radius 1 is 1.31 bits per heavy atom. The predicted octanol–water partition coefficient (Wildman–Crippen LogP) is -3.49. The molecule has 8 atom stereocenters. The Balaban J connectivity index is 1.22. The third-order valence-electron chi connectivity index (χ3n) is 8.37. The quantitative estimate of drug-likeness (QED) is 0.0862. The van der Waals surface area contributed by atoms with Crippen LogP contribution >= 0.6 is 11.8 Å². The SMILES string of the molecule is C[C@@H](NC(=O)Cn1cnnn1)[C@H]1C(=O)N2C(C(=O)O)=C(S[C@@H]3CN[C@H](C(=O)N4C[C@H](CO)[C@@H](N=C(N)N)C4)C3)[C@H](C)[C@H]12. The number of likely N-dealkylation sites (tertiary alicyclic amines) is 1. The fourth-order valence-electron chi connectivity index (χ4n) is 6.42. The van der Waals surface area contributed by atoms with E-state index in [1.54, 1.807) is 11.8 Å². The minimum absolute atomic E-state index is 0.0360. The molecule has 5 heterocycles. The zero-order chi connectivity index (χ0) is 30.3. The van der Waals surface area contributed by atoms with Crippen LogP contribution in [0.2, 0.25) is 0 Å². The number of guanidine groups is 1. The number of aliphatic carboxylic acids is 1. The van der Waals surface area contributed by atoms with Gasteiger partial charge in [-0.2, -0.15) is 0 Å². The van der Waals surface area contributed by atoms with Gasteiger partial charge in [0.05, 0.1) is 24.0 Å². The lowest BCUT2D eigenvalue weighted by atomic mass is 9.78. The molecule has 0 spiro atoms. The normalized spacial score (nSPS) is 31.1. The summed E-state index contributed by atoms with van der Waals surface area (Å²) in [6.07, 6.45) is 1.77. The first-order chi connectivity index (χ1) is 20.0. The average Bonchev–Trinajstić information content (AvgIpc) is 3.71. The average molecular weight is 606 g/mol. The smallest absolute Gasteiger partial charge is 0.353 e. The third kappa shape index (κ3) is 5.52. The first-order valence-corrected chi connectivity index (χ1v) is 14.6. The fourth-order valence-corrected chi connectivity index (χ4v) is 7.90. The lowest BCUT2D eigenvalue weighted by Crippen LogP contribution is -2.66. The minimum atomic E-state index is -1.19. The Hall–Kier alpha value is -3.77. The number of tetrazole rings is 1. The Kier molecular flexibility index (Phi) is 8.38. The van der Waals surface area contributed by atoms with E-state index in [1.807, 2.05) is 6.92 Å². The van der Waals surface area contributed by atoms with Gasteiger partial charge < -0.3 is 42.1 Å². The van der Waals surface area contributed by atoms with Crippen molar-refractivity contribution in [2.24, 2.45) is 34.2 Å². The lowest BCUT2D eigenvalue weighted by molar-refractivity contribution is -0.158. The molecule has 0 unspecified atom stereocenters. The van der Waals surface area contributed by atoms with Crippen LogP contribution in [0, 0.1) is 17.8 Å². The van der Waals surface area contributed by atoms with Gasteiger partial charge in [-0.05, 0) is 23.8 Å². The van der Waals surface area contributed by atoms with Crippen LogP contribution < -0.4 is 22.1 Å². The number of aliphatic imine (C=N–C) groups is 1. The molecule has 0 bridgehead atoms. The van der Waals surface area contributed by atoms with Crippen LogP contribution in [0.4, 0.5) is 0 Å². The van der Waals surface area contributed by atoms with Crippen LogP contribution in [0.15, 0.2) is 21.9 Å². The summed E-state index contributed by atoms with van der Waals surface area (Å²) in [5, 5.41) is 36.4. The Bertz CT molecular complexity index is 1300. The highest BCUT2D eigenvalue weighted by atomic mass is 32.2. The van der Waals surface area contributed by atoms with Crippen LogP contribution in [-0.4, -0.2) is 126 Å². The highest BCUT2D eigenvalue weighted by molar-refractivity contribution is 8.03. The van der Waals surface area contributed by atoms with E-state index in [0.29, 0.717) is 31.0 Å². The second-order valence-electron chi connectivity index (χ2n) is 11.1. The molecular formula is C24H35N11O6S. The molecule has 0 aromatic carbocycles. The number of hydrogen-bond donors (Lipinski definition) is 6. The first kappa shape index (κ1) is 29.7. The van der Waals surface area contributed by atoms with Gasteiger partial charge in [0, 0.05) is 54.3 Å². The number of aliphatic hydroxyl groups is 1. The van der Waals surface area contributed by atoms with Crippen molar-refractivity contribution in [2.45, 2.75) is 56.2 Å². The van der Waals surface area contributed by atoms with Crippen molar-refractivity contribution in [1.29, 1.82) is 0 Å². The minimum Gasteiger partial charge on any atom is -0.477 e. The summed E-state index contributed by atoms with van der Waals surface area (Å²) in [7, 11) is 0. The van der Waals surface area contributed by atoms with E-state index in [0.717, 1.165) is 0 Å². The molecule has 42 heavy (non-hydrogen) atoms. The Morgan fingerprint density at radius 2 is 2.07 bits per heavy atom. The largest absolute Gasteiger partial charge is 0.477 e. The number of amides is 3. The highest BCUT2D eigenvalue weighted by Crippen LogP contribution is 2.51. The van der Waals surface area contributed by atoms with Crippen molar-refractivity contribution in [2.75, 3.05) is 26.2 Å². The summed E-state index contributed by atoms with van der Waals surface area (Å²) in [6, 6.07) is -1.80. The van der Waals surface area contributed by atoms with Crippen LogP contribution in [0.3, 0.4) is 0 Å². The number of aromatic nitrogens is 4. The van der Waals surface area contributed by atoms with Gasteiger partial charge in [0.2, 0.25) is 17.7 Å². The molecule has 3 fully saturated rings. The molecule has 0 radical (unpaired) electrons. The molecular weight excluding hydrogens is 570 g/mol. The highest BCUT2D eigenvalue weighted by Gasteiger charge is 2.60. The molecule has 5 rings (SSSR count). The summed E-state index contributed by atoms with van der Waals surface area (Å²) < 4.78 is 1.26. The maximum atomic E-state index is 13.3. The van der Waals surface area contributed by atoms with Gasteiger partial charge in [-0.1, -0.05) is 6.92 Å². The van der Waals surface area contributed by atoms with Crippen LogP contribution in [-0.2, 0) is 25.7 Å². The number of hydrogen-bond acceptors (Lipinski definition) is 11. The summed E-state index contributed by atoms with van der Waals surface area (Å²) in [5.41, 5.74) is 11.0. The summed E-state index contributed by atoms with van der Waals surface area (Å²) in [4.78, 5) is 59.0. The number of carboxylic acids is 1. The maximum Gasteiger partial charge on any atom is 0.353 e. The van der Waals surface area contributed by atoms with Crippen LogP contribution in [0.5, 0.6) is 0 Å². The molecule has 4 aliphatic heterocycles. The lowest BCUT2D eigenvalue weighted by Gasteiger charge is -2.47. The number of aliphatic hydroxyl groups excluding tert-OH is 1.